The van der Waals surface area contributed by atoms with E-state index < -0.39 is 53.0 Å². The quantitative estimate of drug-likeness (QED) is 0.314. The van der Waals surface area contributed by atoms with Gasteiger partial charge in [0.15, 0.2) is 5.76 Å². The summed E-state index contributed by atoms with van der Waals surface area (Å²) in [7, 11) is 0. The van der Waals surface area contributed by atoms with Gasteiger partial charge in [0.05, 0.1) is 35.1 Å². The second-order valence-electron chi connectivity index (χ2n) is 9.21. The van der Waals surface area contributed by atoms with Crippen LogP contribution < -0.4 is 21.3 Å². The smallest absolute Gasteiger partial charge is 0.449 e. The van der Waals surface area contributed by atoms with E-state index in [9.17, 15) is 27.6 Å². The summed E-state index contributed by atoms with van der Waals surface area (Å²) in [5, 5.41) is 14.4. The van der Waals surface area contributed by atoms with Gasteiger partial charge in [-0.3, -0.25) is 14.6 Å². The molecule has 0 radical (unpaired) electrons. The molecule has 0 aliphatic carbocycles. The molecule has 0 saturated carbocycles. The van der Waals surface area contributed by atoms with Crippen LogP contribution in [-0.4, -0.2) is 58.9 Å². The molecule has 0 spiro atoms. The molecule has 2 aliphatic rings. The Morgan fingerprint density at radius 1 is 1.32 bits per heavy atom. The average molecular weight is 527 g/mol. The van der Waals surface area contributed by atoms with Crippen LogP contribution in [0.2, 0.25) is 0 Å². The number of halogens is 3. The minimum Gasteiger partial charge on any atom is -0.449 e. The molecule has 5 N–H and O–H groups in total. The highest BCUT2D eigenvalue weighted by Crippen LogP contribution is 2.41. The lowest BCUT2D eigenvalue weighted by molar-refractivity contribution is -0.137. The van der Waals surface area contributed by atoms with E-state index in [1.54, 1.807) is 13.8 Å². The van der Waals surface area contributed by atoms with E-state index in [1.807, 2.05) is 6.92 Å². The number of nitrogens with zero attached hydrogens (tertiary/aromatic N) is 3. The first-order chi connectivity index (χ1) is 17.3. The molecule has 3 rings (SSSR count). The Morgan fingerprint density at radius 2 is 2.03 bits per heavy atom. The lowest BCUT2D eigenvalue weighted by atomic mass is 10.0. The van der Waals surface area contributed by atoms with Crippen molar-refractivity contribution in [2.75, 3.05) is 18.0 Å². The molecule has 2 heterocycles. The second-order valence-corrected chi connectivity index (χ2v) is 9.21. The van der Waals surface area contributed by atoms with Crippen molar-refractivity contribution in [3.8, 4) is 0 Å². The van der Waals surface area contributed by atoms with E-state index in [-0.39, 0.29) is 24.6 Å². The maximum absolute atomic E-state index is 14.3. The van der Waals surface area contributed by atoms with E-state index in [1.165, 1.54) is 6.07 Å². The molecule has 11 nitrogen and oxygen atoms in total. The van der Waals surface area contributed by atoms with Crippen LogP contribution in [0, 0.1) is 0 Å². The zero-order valence-electron chi connectivity index (χ0n) is 20.6. The Labute approximate surface area is 211 Å². The number of alkyl halides is 3. The van der Waals surface area contributed by atoms with Gasteiger partial charge in [0.25, 0.3) is 5.91 Å². The number of carbonyl (C=O) groups excluding carboxylic acids is 2. The Hall–Kier alpha value is -3.81. The van der Waals surface area contributed by atoms with Crippen molar-refractivity contribution in [2.45, 2.75) is 57.9 Å². The molecular formula is C23H29F3N6O5. The number of nitrogens with two attached hydrogens (primary N) is 1. The van der Waals surface area contributed by atoms with Gasteiger partial charge in [0.2, 0.25) is 5.96 Å². The van der Waals surface area contributed by atoms with Crippen molar-refractivity contribution < 1.29 is 37.4 Å². The minimum atomic E-state index is -4.94. The number of para-hydroxylation sites is 1. The Morgan fingerprint density at radius 3 is 2.59 bits per heavy atom. The molecular weight excluding hydrogens is 497 g/mol. The zero-order chi connectivity index (χ0) is 27.5. The third-order valence-corrected chi connectivity index (χ3v) is 5.68. The third-order valence-electron chi connectivity index (χ3n) is 5.68. The zero-order valence-corrected chi connectivity index (χ0v) is 20.6. The summed E-state index contributed by atoms with van der Waals surface area (Å²) < 4.78 is 47.5. The summed E-state index contributed by atoms with van der Waals surface area (Å²) in [6.45, 7) is 5.60. The van der Waals surface area contributed by atoms with E-state index in [2.05, 4.69) is 20.4 Å². The molecule has 0 bridgehead atoms. The van der Waals surface area contributed by atoms with Crippen LogP contribution in [0.15, 0.2) is 35.2 Å². The molecule has 1 aromatic rings. The number of hydrogen-bond acceptors (Lipinski definition) is 7. The standard InChI is InChI=1S/C23H29F3N6O5/c1-4-5-6-10-28-18(33)13-8-7-9-14(23(24,25)26)16(13)32-17(27)15(37-21(35)36)11-29-19(32)31-12-22(2,3)30-20(31)34/h7-9,11,17H,4-6,10,12,27H2,1-3H3,(H,28,33)(H,30,34)(H,35,36). The maximum Gasteiger partial charge on any atom is 0.511 e. The van der Waals surface area contributed by atoms with Gasteiger partial charge in [-0.15, -0.1) is 0 Å². The number of carbonyl (C=O) groups is 3. The number of ether oxygens (including phenoxy) is 1. The van der Waals surface area contributed by atoms with E-state index in [4.69, 9.17) is 10.8 Å². The largest absolute Gasteiger partial charge is 0.511 e. The number of rotatable bonds is 7. The molecule has 1 atom stereocenters. The number of benzene rings is 1. The van der Waals surface area contributed by atoms with Gasteiger partial charge in [-0.05, 0) is 32.4 Å². The lowest BCUT2D eigenvalue weighted by Gasteiger charge is -2.39. The number of unbranched alkanes of at least 4 members (excludes halogenated alkanes) is 2. The highest BCUT2D eigenvalue weighted by molar-refractivity contribution is 6.12. The molecule has 14 heteroatoms. The molecule has 37 heavy (non-hydrogen) atoms. The number of anilines is 1. The summed E-state index contributed by atoms with van der Waals surface area (Å²) in [5.41, 5.74) is 3.16. The first-order valence-electron chi connectivity index (χ1n) is 11.6. The Bertz CT molecular complexity index is 1130. The Kier molecular flexibility index (Phi) is 8.00. The molecule has 1 saturated heterocycles. The van der Waals surface area contributed by atoms with Crippen molar-refractivity contribution in [1.29, 1.82) is 0 Å². The van der Waals surface area contributed by atoms with E-state index in [0.29, 0.717) is 6.42 Å². The van der Waals surface area contributed by atoms with Gasteiger partial charge in [-0.2, -0.15) is 13.2 Å². The molecule has 1 unspecified atom stereocenters. The molecule has 1 aromatic carbocycles. The predicted octanol–water partition coefficient (Wildman–Crippen LogP) is 3.43. The molecule has 2 aliphatic heterocycles. The highest BCUT2D eigenvalue weighted by atomic mass is 19.4. The number of urea groups is 1. The fourth-order valence-corrected chi connectivity index (χ4v) is 4.05. The van der Waals surface area contributed by atoms with Crippen LogP contribution in [0.4, 0.5) is 28.4 Å². The van der Waals surface area contributed by atoms with Crippen LogP contribution in [0.3, 0.4) is 0 Å². The number of guanidine groups is 1. The summed E-state index contributed by atoms with van der Waals surface area (Å²) in [4.78, 5) is 43.0. The van der Waals surface area contributed by atoms with Gasteiger partial charge in [-0.1, -0.05) is 25.8 Å². The van der Waals surface area contributed by atoms with Crippen molar-refractivity contribution in [3.63, 3.8) is 0 Å². The van der Waals surface area contributed by atoms with Crippen molar-refractivity contribution in [3.05, 3.63) is 41.3 Å². The number of aliphatic imine (C=N–C) groups is 1. The predicted molar refractivity (Wildman–Crippen MR) is 128 cm³/mol. The fraction of sp³-hybridized carbons (Fsp3) is 0.478. The molecule has 1 fully saturated rings. The van der Waals surface area contributed by atoms with Crippen LogP contribution >= 0.6 is 0 Å². The van der Waals surface area contributed by atoms with Gasteiger partial charge in [0.1, 0.15) is 6.17 Å². The summed E-state index contributed by atoms with van der Waals surface area (Å²) in [6.07, 6.45) is -5.16. The van der Waals surface area contributed by atoms with Crippen molar-refractivity contribution in [1.82, 2.24) is 15.5 Å². The van der Waals surface area contributed by atoms with Crippen LogP contribution in [0.25, 0.3) is 0 Å². The number of amides is 3. The highest BCUT2D eigenvalue weighted by Gasteiger charge is 2.46. The van der Waals surface area contributed by atoms with Gasteiger partial charge < -0.3 is 26.2 Å². The molecule has 202 valence electrons. The topological polar surface area (TPSA) is 150 Å². The summed E-state index contributed by atoms with van der Waals surface area (Å²) >= 11 is 0. The summed E-state index contributed by atoms with van der Waals surface area (Å²) in [5.74, 6) is -1.63. The second kappa shape index (κ2) is 10.7. The van der Waals surface area contributed by atoms with Gasteiger partial charge in [0, 0.05) is 6.54 Å². The maximum atomic E-state index is 14.3. The number of nitrogens with one attached hydrogen (secondary N) is 2. The van der Waals surface area contributed by atoms with Crippen molar-refractivity contribution >= 4 is 29.7 Å². The van der Waals surface area contributed by atoms with Crippen LogP contribution in [0.1, 0.15) is 56.0 Å². The minimum absolute atomic E-state index is 0.00355. The molecule has 0 aromatic heterocycles. The van der Waals surface area contributed by atoms with Gasteiger partial charge in [-0.25, -0.2) is 14.6 Å². The SMILES string of the molecule is CCCCCNC(=O)c1cccc(C(F)(F)F)c1N1C(N2CC(C)(C)NC2=O)=NC=C(OC(=O)O)C1N. The monoisotopic (exact) mass is 526 g/mol. The van der Waals surface area contributed by atoms with Crippen molar-refractivity contribution in [2.24, 2.45) is 10.7 Å². The van der Waals surface area contributed by atoms with Crippen LogP contribution in [-0.2, 0) is 10.9 Å². The third kappa shape index (κ3) is 6.13. The van der Waals surface area contributed by atoms with Crippen LogP contribution in [0.5, 0.6) is 0 Å². The summed E-state index contributed by atoms with van der Waals surface area (Å²) in [6, 6.07) is 2.37. The fourth-order valence-electron chi connectivity index (χ4n) is 4.05. The Balaban J connectivity index is 2.19. The number of hydrogen-bond donors (Lipinski definition) is 4. The van der Waals surface area contributed by atoms with E-state index in [0.717, 1.165) is 41.0 Å². The van der Waals surface area contributed by atoms with E-state index >= 15 is 0 Å². The first kappa shape index (κ1) is 27.8. The normalized spacial score (nSPS) is 19.2. The average Bonchev–Trinajstić information content (AvgIpc) is 3.08. The van der Waals surface area contributed by atoms with Gasteiger partial charge >= 0.3 is 18.4 Å². The molecule has 3 amide bonds. The number of carboxylic acid groups (broad SMARTS) is 1. The first-order valence-corrected chi connectivity index (χ1v) is 11.6. The lowest BCUT2D eigenvalue weighted by Crippen LogP contribution is -2.57.